The van der Waals surface area contributed by atoms with E-state index in [-0.39, 0.29) is 18.4 Å². The average molecular weight is 314 g/mol. The molecular formula is C19H19FO3. The zero-order valence-corrected chi connectivity index (χ0v) is 13.0. The Bertz CT molecular complexity index is 663. The number of rotatable bonds is 7. The van der Waals surface area contributed by atoms with Gasteiger partial charge in [0, 0.05) is 11.6 Å². The highest BCUT2D eigenvalue weighted by molar-refractivity contribution is 5.87. The van der Waals surface area contributed by atoms with E-state index in [0.717, 1.165) is 12.0 Å². The van der Waals surface area contributed by atoms with Gasteiger partial charge in [-0.25, -0.2) is 9.18 Å². The summed E-state index contributed by atoms with van der Waals surface area (Å²) in [6.45, 7) is 2.54. The maximum Gasteiger partial charge on any atom is 0.330 e. The molecule has 0 N–H and O–H groups in total. The van der Waals surface area contributed by atoms with Crippen molar-refractivity contribution in [3.63, 3.8) is 0 Å². The third-order valence-electron chi connectivity index (χ3n) is 3.09. The molecule has 4 heteroatoms. The van der Waals surface area contributed by atoms with Gasteiger partial charge in [0.2, 0.25) is 0 Å². The van der Waals surface area contributed by atoms with E-state index in [1.54, 1.807) is 36.4 Å². The Kier molecular flexibility index (Phi) is 6.36. The lowest BCUT2D eigenvalue weighted by Gasteiger charge is -2.07. The second-order valence-corrected chi connectivity index (χ2v) is 4.95. The smallest absolute Gasteiger partial charge is 0.330 e. The molecule has 0 radical (unpaired) electrons. The first-order chi connectivity index (χ1) is 11.2. The first-order valence-electron chi connectivity index (χ1n) is 7.50. The van der Waals surface area contributed by atoms with Gasteiger partial charge in [-0.15, -0.1) is 0 Å². The summed E-state index contributed by atoms with van der Waals surface area (Å²) < 4.78 is 24.0. The van der Waals surface area contributed by atoms with Gasteiger partial charge < -0.3 is 9.47 Å². The van der Waals surface area contributed by atoms with Crippen LogP contribution in [-0.2, 0) is 16.1 Å². The van der Waals surface area contributed by atoms with Crippen LogP contribution in [-0.4, -0.2) is 12.6 Å². The predicted molar refractivity (Wildman–Crippen MR) is 87.5 cm³/mol. The lowest BCUT2D eigenvalue weighted by molar-refractivity contribution is -0.137. The molecule has 0 saturated carbocycles. The highest BCUT2D eigenvalue weighted by Gasteiger charge is 2.02. The number of halogens is 1. The summed E-state index contributed by atoms with van der Waals surface area (Å²) in [4.78, 5) is 11.4. The zero-order valence-electron chi connectivity index (χ0n) is 13.0. The first kappa shape index (κ1) is 16.7. The molecule has 0 aliphatic rings. The number of carbonyl (C=O) groups excluding carboxylic acids is 1. The van der Waals surface area contributed by atoms with Crippen LogP contribution in [0.3, 0.4) is 0 Å². The monoisotopic (exact) mass is 314 g/mol. The van der Waals surface area contributed by atoms with Crippen LogP contribution in [0.15, 0.2) is 54.6 Å². The first-order valence-corrected chi connectivity index (χ1v) is 7.50. The van der Waals surface area contributed by atoms with E-state index in [0.29, 0.717) is 17.9 Å². The van der Waals surface area contributed by atoms with Gasteiger partial charge >= 0.3 is 5.97 Å². The van der Waals surface area contributed by atoms with Crippen molar-refractivity contribution in [2.24, 2.45) is 0 Å². The predicted octanol–water partition coefficient (Wildman–Crippen LogP) is 4.37. The lowest BCUT2D eigenvalue weighted by atomic mass is 10.2. The van der Waals surface area contributed by atoms with E-state index in [1.807, 2.05) is 19.1 Å². The molecule has 2 aromatic carbocycles. The van der Waals surface area contributed by atoms with Crippen molar-refractivity contribution < 1.29 is 18.7 Å². The van der Waals surface area contributed by atoms with Crippen molar-refractivity contribution in [2.45, 2.75) is 20.0 Å². The fraction of sp³-hybridized carbons (Fsp3) is 0.211. The van der Waals surface area contributed by atoms with E-state index >= 15 is 0 Å². The molecule has 0 fully saturated rings. The summed E-state index contributed by atoms with van der Waals surface area (Å²) in [5.41, 5.74) is 1.37. The van der Waals surface area contributed by atoms with Gasteiger partial charge in [0.1, 0.15) is 18.2 Å². The van der Waals surface area contributed by atoms with E-state index < -0.39 is 0 Å². The molecule has 0 unspecified atom stereocenters. The second-order valence-electron chi connectivity index (χ2n) is 4.95. The number of hydrogen-bond acceptors (Lipinski definition) is 3. The molecule has 0 spiro atoms. The van der Waals surface area contributed by atoms with Crippen molar-refractivity contribution in [3.05, 3.63) is 71.6 Å². The Morgan fingerprint density at radius 2 is 1.87 bits per heavy atom. The van der Waals surface area contributed by atoms with Crippen LogP contribution in [0, 0.1) is 5.82 Å². The molecule has 0 amide bonds. The number of carbonyl (C=O) groups is 1. The van der Waals surface area contributed by atoms with Crippen LogP contribution >= 0.6 is 0 Å². The molecule has 0 saturated heterocycles. The fourth-order valence-electron chi connectivity index (χ4n) is 1.87. The number of esters is 1. The topological polar surface area (TPSA) is 35.5 Å². The van der Waals surface area contributed by atoms with Crippen LogP contribution in [0.25, 0.3) is 6.08 Å². The van der Waals surface area contributed by atoms with E-state index in [9.17, 15) is 9.18 Å². The Morgan fingerprint density at radius 1 is 1.13 bits per heavy atom. The summed E-state index contributed by atoms with van der Waals surface area (Å²) >= 11 is 0. The van der Waals surface area contributed by atoms with Crippen molar-refractivity contribution in [3.8, 4) is 5.75 Å². The molecule has 0 aromatic heterocycles. The van der Waals surface area contributed by atoms with Crippen LogP contribution in [0.2, 0.25) is 0 Å². The summed E-state index contributed by atoms with van der Waals surface area (Å²) in [6, 6.07) is 13.7. The Hall–Kier alpha value is -2.62. The van der Waals surface area contributed by atoms with Gasteiger partial charge in [0.15, 0.2) is 0 Å². The van der Waals surface area contributed by atoms with Gasteiger partial charge in [0.25, 0.3) is 0 Å². The third-order valence-corrected chi connectivity index (χ3v) is 3.09. The van der Waals surface area contributed by atoms with E-state index in [1.165, 1.54) is 12.1 Å². The van der Waals surface area contributed by atoms with Crippen LogP contribution in [0.5, 0.6) is 5.75 Å². The summed E-state index contributed by atoms with van der Waals surface area (Å²) in [7, 11) is 0. The Morgan fingerprint density at radius 3 is 2.57 bits per heavy atom. The quantitative estimate of drug-likeness (QED) is 0.562. The van der Waals surface area contributed by atoms with Crippen molar-refractivity contribution >= 4 is 12.0 Å². The van der Waals surface area contributed by atoms with Crippen LogP contribution in [0.1, 0.15) is 24.5 Å². The minimum Gasteiger partial charge on any atom is -0.489 e. The SMILES string of the molecule is CCCOC(=O)/C=C/c1ccc(OCc2ccccc2F)cc1. The molecule has 3 nitrogen and oxygen atoms in total. The zero-order chi connectivity index (χ0) is 16.5. The summed E-state index contributed by atoms with van der Waals surface area (Å²) in [5, 5.41) is 0. The van der Waals surface area contributed by atoms with Crippen molar-refractivity contribution in [1.82, 2.24) is 0 Å². The van der Waals surface area contributed by atoms with Crippen molar-refractivity contribution in [1.29, 1.82) is 0 Å². The largest absolute Gasteiger partial charge is 0.489 e. The maximum atomic E-state index is 13.5. The minimum atomic E-state index is -0.355. The molecular weight excluding hydrogens is 295 g/mol. The van der Waals surface area contributed by atoms with Gasteiger partial charge in [-0.1, -0.05) is 37.3 Å². The summed E-state index contributed by atoms with van der Waals surface area (Å²) in [6.07, 6.45) is 3.87. The number of hydrogen-bond donors (Lipinski definition) is 0. The third kappa shape index (κ3) is 5.58. The highest BCUT2D eigenvalue weighted by Crippen LogP contribution is 2.16. The summed E-state index contributed by atoms with van der Waals surface area (Å²) in [5.74, 6) is 0.00309. The van der Waals surface area contributed by atoms with Gasteiger partial charge in [0.05, 0.1) is 6.61 Å². The number of benzene rings is 2. The van der Waals surface area contributed by atoms with Crippen LogP contribution < -0.4 is 4.74 Å². The highest BCUT2D eigenvalue weighted by atomic mass is 19.1. The Balaban J connectivity index is 1.88. The van der Waals surface area contributed by atoms with Crippen molar-refractivity contribution in [2.75, 3.05) is 6.61 Å². The molecule has 0 aliphatic carbocycles. The number of ether oxygens (including phenoxy) is 2. The van der Waals surface area contributed by atoms with Crippen LogP contribution in [0.4, 0.5) is 4.39 Å². The van der Waals surface area contributed by atoms with E-state index in [4.69, 9.17) is 9.47 Å². The van der Waals surface area contributed by atoms with Gasteiger partial charge in [-0.2, -0.15) is 0 Å². The normalized spacial score (nSPS) is 10.7. The molecule has 2 rings (SSSR count). The average Bonchev–Trinajstić information content (AvgIpc) is 2.58. The molecule has 23 heavy (non-hydrogen) atoms. The second kappa shape index (κ2) is 8.73. The van der Waals surface area contributed by atoms with Gasteiger partial charge in [-0.3, -0.25) is 0 Å². The maximum absolute atomic E-state index is 13.5. The standard InChI is InChI=1S/C19H19FO3/c1-2-13-22-19(21)12-9-15-7-10-17(11-8-15)23-14-16-5-3-4-6-18(16)20/h3-12H,2,13-14H2,1H3/b12-9+. The molecule has 0 aliphatic heterocycles. The Labute approximate surface area is 135 Å². The lowest BCUT2D eigenvalue weighted by Crippen LogP contribution is -2.00. The van der Waals surface area contributed by atoms with Gasteiger partial charge in [-0.05, 0) is 36.3 Å². The van der Waals surface area contributed by atoms with E-state index in [2.05, 4.69) is 0 Å². The minimum absolute atomic E-state index is 0.172. The molecule has 2 aromatic rings. The molecule has 120 valence electrons. The molecule has 0 atom stereocenters. The molecule has 0 bridgehead atoms. The molecule has 0 heterocycles. The fourth-order valence-corrected chi connectivity index (χ4v) is 1.87.